The average molecular weight is 235 g/mol. The highest BCUT2D eigenvalue weighted by atomic mass is 32.1. The van der Waals surface area contributed by atoms with Gasteiger partial charge in [0.25, 0.3) is 0 Å². The molecular weight excluding hydrogens is 218 g/mol. The van der Waals surface area contributed by atoms with Crippen LogP contribution in [-0.4, -0.2) is 16.5 Å². The van der Waals surface area contributed by atoms with E-state index in [1.165, 1.54) is 10.4 Å². The number of rotatable bonds is 3. The number of aromatic amines is 1. The topological polar surface area (TPSA) is 54.7 Å². The molecule has 2 aromatic rings. The standard InChI is InChI=1S/C12H17N3S/c1-8-4-5-16-10(8)9-6-14-11(15-9)12(2,3)7-13/h4-6H,7,13H2,1-3H3,(H,14,15). The number of imidazole rings is 1. The van der Waals surface area contributed by atoms with Gasteiger partial charge in [-0.2, -0.15) is 0 Å². The molecule has 3 nitrogen and oxygen atoms in total. The van der Waals surface area contributed by atoms with Crippen molar-refractivity contribution >= 4 is 11.3 Å². The first-order chi connectivity index (χ1) is 7.54. The number of nitrogens with one attached hydrogen (secondary N) is 1. The Balaban J connectivity index is 2.37. The van der Waals surface area contributed by atoms with E-state index < -0.39 is 0 Å². The third-order valence-corrected chi connectivity index (χ3v) is 3.88. The fraction of sp³-hybridized carbons (Fsp3) is 0.417. The third kappa shape index (κ3) is 1.90. The molecule has 0 aliphatic rings. The molecular formula is C12H17N3S. The molecule has 86 valence electrons. The van der Waals surface area contributed by atoms with Crippen molar-refractivity contribution in [1.82, 2.24) is 9.97 Å². The first-order valence-corrected chi connectivity index (χ1v) is 6.22. The second kappa shape index (κ2) is 4.03. The van der Waals surface area contributed by atoms with Crippen molar-refractivity contribution in [3.63, 3.8) is 0 Å². The number of aryl methyl sites for hydroxylation is 1. The van der Waals surface area contributed by atoms with Gasteiger partial charge in [-0.15, -0.1) is 11.3 Å². The first-order valence-electron chi connectivity index (χ1n) is 5.34. The van der Waals surface area contributed by atoms with Gasteiger partial charge in [-0.1, -0.05) is 13.8 Å². The summed E-state index contributed by atoms with van der Waals surface area (Å²) in [7, 11) is 0. The van der Waals surface area contributed by atoms with Crippen molar-refractivity contribution in [3.05, 3.63) is 29.0 Å². The molecule has 0 saturated heterocycles. The lowest BCUT2D eigenvalue weighted by Gasteiger charge is -2.18. The van der Waals surface area contributed by atoms with E-state index in [9.17, 15) is 0 Å². The summed E-state index contributed by atoms with van der Waals surface area (Å²) in [6.07, 6.45) is 1.89. The van der Waals surface area contributed by atoms with Crippen LogP contribution in [0.1, 0.15) is 25.2 Å². The highest BCUT2D eigenvalue weighted by Gasteiger charge is 2.22. The van der Waals surface area contributed by atoms with E-state index in [2.05, 4.69) is 42.2 Å². The van der Waals surface area contributed by atoms with Crippen LogP contribution in [0.25, 0.3) is 10.6 Å². The molecule has 0 unspecified atom stereocenters. The van der Waals surface area contributed by atoms with E-state index in [4.69, 9.17) is 5.73 Å². The minimum absolute atomic E-state index is 0.0938. The number of thiophene rings is 1. The monoisotopic (exact) mass is 235 g/mol. The van der Waals surface area contributed by atoms with Gasteiger partial charge in [-0.05, 0) is 23.9 Å². The van der Waals surface area contributed by atoms with Crippen LogP contribution in [0, 0.1) is 6.92 Å². The van der Waals surface area contributed by atoms with Crippen molar-refractivity contribution in [2.45, 2.75) is 26.2 Å². The number of H-pyrrole nitrogens is 1. The second-order valence-corrected chi connectivity index (χ2v) is 5.58. The van der Waals surface area contributed by atoms with E-state index >= 15 is 0 Å². The van der Waals surface area contributed by atoms with Crippen LogP contribution in [0.2, 0.25) is 0 Å². The van der Waals surface area contributed by atoms with Crippen molar-refractivity contribution in [2.75, 3.05) is 6.54 Å². The van der Waals surface area contributed by atoms with Crippen LogP contribution < -0.4 is 5.73 Å². The van der Waals surface area contributed by atoms with Gasteiger partial charge >= 0.3 is 0 Å². The van der Waals surface area contributed by atoms with Crippen molar-refractivity contribution in [1.29, 1.82) is 0 Å². The van der Waals surface area contributed by atoms with Gasteiger partial charge in [0, 0.05) is 12.0 Å². The molecule has 4 heteroatoms. The molecule has 2 heterocycles. The van der Waals surface area contributed by atoms with E-state index in [0.717, 1.165) is 11.5 Å². The lowest BCUT2D eigenvalue weighted by atomic mass is 9.93. The maximum atomic E-state index is 5.74. The number of hydrogen-bond donors (Lipinski definition) is 2. The number of aromatic nitrogens is 2. The number of nitrogens with zero attached hydrogens (tertiary/aromatic N) is 1. The fourth-order valence-corrected chi connectivity index (χ4v) is 2.42. The maximum Gasteiger partial charge on any atom is 0.113 e. The lowest BCUT2D eigenvalue weighted by molar-refractivity contribution is 0.508. The summed E-state index contributed by atoms with van der Waals surface area (Å²) < 4.78 is 0. The third-order valence-electron chi connectivity index (χ3n) is 2.83. The van der Waals surface area contributed by atoms with E-state index in [1.807, 2.05) is 6.20 Å². The number of nitrogens with two attached hydrogens (primary N) is 1. The van der Waals surface area contributed by atoms with Crippen molar-refractivity contribution < 1.29 is 0 Å². The van der Waals surface area contributed by atoms with Crippen molar-refractivity contribution in [2.24, 2.45) is 5.73 Å². The SMILES string of the molecule is Cc1ccsc1-c1cnc(C(C)(C)CN)[nH]1. The Morgan fingerprint density at radius 3 is 2.81 bits per heavy atom. The molecule has 0 atom stereocenters. The molecule has 0 saturated carbocycles. The maximum absolute atomic E-state index is 5.74. The predicted octanol–water partition coefficient (Wildman–Crippen LogP) is 2.68. The van der Waals surface area contributed by atoms with Crippen LogP contribution >= 0.6 is 11.3 Å². The molecule has 3 N–H and O–H groups in total. The quantitative estimate of drug-likeness (QED) is 0.859. The molecule has 0 aliphatic heterocycles. The van der Waals surface area contributed by atoms with Gasteiger partial charge in [-0.25, -0.2) is 4.98 Å². The van der Waals surface area contributed by atoms with Crippen LogP contribution in [0.5, 0.6) is 0 Å². The second-order valence-electron chi connectivity index (χ2n) is 4.67. The molecule has 0 radical (unpaired) electrons. The van der Waals surface area contributed by atoms with Gasteiger partial charge < -0.3 is 10.7 Å². The highest BCUT2D eigenvalue weighted by molar-refractivity contribution is 7.13. The lowest BCUT2D eigenvalue weighted by Crippen LogP contribution is -2.29. The Labute approximate surface area is 99.7 Å². The van der Waals surface area contributed by atoms with E-state index in [0.29, 0.717) is 6.54 Å². The zero-order chi connectivity index (χ0) is 11.8. The molecule has 16 heavy (non-hydrogen) atoms. The summed E-state index contributed by atoms with van der Waals surface area (Å²) in [6, 6.07) is 2.12. The highest BCUT2D eigenvalue weighted by Crippen LogP contribution is 2.29. The normalized spacial score (nSPS) is 12.0. The smallest absolute Gasteiger partial charge is 0.113 e. The van der Waals surface area contributed by atoms with Gasteiger partial charge in [0.2, 0.25) is 0 Å². The average Bonchev–Trinajstić information content (AvgIpc) is 2.85. The summed E-state index contributed by atoms with van der Waals surface area (Å²) in [5, 5.41) is 2.10. The Morgan fingerprint density at radius 1 is 1.50 bits per heavy atom. The molecule has 0 fully saturated rings. The predicted molar refractivity (Wildman–Crippen MR) is 68.7 cm³/mol. The zero-order valence-electron chi connectivity index (χ0n) is 9.87. The molecule has 2 aromatic heterocycles. The number of hydrogen-bond acceptors (Lipinski definition) is 3. The first kappa shape index (κ1) is 11.4. The fourth-order valence-electron chi connectivity index (χ4n) is 1.53. The molecule has 0 spiro atoms. The van der Waals surface area contributed by atoms with Gasteiger partial charge in [0.15, 0.2) is 0 Å². The van der Waals surface area contributed by atoms with Gasteiger partial charge in [-0.3, -0.25) is 0 Å². The molecule has 2 rings (SSSR count). The van der Waals surface area contributed by atoms with Crippen LogP contribution in [0.15, 0.2) is 17.6 Å². The molecule has 0 aromatic carbocycles. The van der Waals surface area contributed by atoms with E-state index in [-0.39, 0.29) is 5.41 Å². The summed E-state index contributed by atoms with van der Waals surface area (Å²) in [5.74, 6) is 0.956. The van der Waals surface area contributed by atoms with Gasteiger partial charge in [0.1, 0.15) is 5.82 Å². The summed E-state index contributed by atoms with van der Waals surface area (Å²) in [4.78, 5) is 9.05. The Morgan fingerprint density at radius 2 is 2.25 bits per heavy atom. The summed E-state index contributed by atoms with van der Waals surface area (Å²) in [5.41, 5.74) is 8.02. The van der Waals surface area contributed by atoms with Crippen molar-refractivity contribution in [3.8, 4) is 10.6 Å². The Hall–Kier alpha value is -1.13. The van der Waals surface area contributed by atoms with E-state index in [1.54, 1.807) is 11.3 Å². The van der Waals surface area contributed by atoms with Gasteiger partial charge in [0.05, 0.1) is 16.8 Å². The van der Waals surface area contributed by atoms with Crippen LogP contribution in [0.3, 0.4) is 0 Å². The zero-order valence-corrected chi connectivity index (χ0v) is 10.7. The Bertz CT molecular complexity index is 482. The molecule has 0 amide bonds. The minimum Gasteiger partial charge on any atom is -0.341 e. The minimum atomic E-state index is -0.0938. The molecule has 0 aliphatic carbocycles. The molecule has 0 bridgehead atoms. The Kier molecular flexibility index (Phi) is 2.86. The van der Waals surface area contributed by atoms with Crippen LogP contribution in [0.4, 0.5) is 0 Å². The summed E-state index contributed by atoms with van der Waals surface area (Å²) >= 11 is 1.73. The largest absolute Gasteiger partial charge is 0.341 e. The van der Waals surface area contributed by atoms with Crippen LogP contribution in [-0.2, 0) is 5.41 Å². The summed E-state index contributed by atoms with van der Waals surface area (Å²) in [6.45, 7) is 6.89.